The molecule has 1 saturated heterocycles. The number of carboxylic acid groups (broad SMARTS) is 1. The summed E-state index contributed by atoms with van der Waals surface area (Å²) >= 11 is 0. The number of aliphatic carboxylic acids is 1. The SMILES string of the molecule is CC(C)CN1CC(CC(=O)O)N(C)CC1C. The normalized spacial score (nSPS) is 28.6. The molecular formula is C12H24N2O2. The molecule has 1 fully saturated rings. The molecule has 1 rings (SSSR count). The van der Waals surface area contributed by atoms with Crippen LogP contribution in [0.4, 0.5) is 0 Å². The van der Waals surface area contributed by atoms with E-state index in [-0.39, 0.29) is 12.5 Å². The second-order valence-electron chi connectivity index (χ2n) is 5.39. The Kier molecular flexibility index (Phi) is 4.74. The van der Waals surface area contributed by atoms with Crippen LogP contribution in [-0.4, -0.2) is 59.6 Å². The highest BCUT2D eigenvalue weighted by atomic mass is 16.4. The molecule has 0 bridgehead atoms. The molecule has 0 saturated carbocycles. The van der Waals surface area contributed by atoms with Gasteiger partial charge >= 0.3 is 5.97 Å². The van der Waals surface area contributed by atoms with E-state index in [0.29, 0.717) is 12.0 Å². The molecular weight excluding hydrogens is 204 g/mol. The number of likely N-dealkylation sites (N-methyl/N-ethyl adjacent to an activating group) is 1. The van der Waals surface area contributed by atoms with Crippen LogP contribution in [0.25, 0.3) is 0 Å². The molecule has 4 nitrogen and oxygen atoms in total. The molecule has 2 atom stereocenters. The van der Waals surface area contributed by atoms with Crippen molar-refractivity contribution in [2.24, 2.45) is 5.92 Å². The number of hydrogen-bond donors (Lipinski definition) is 1. The van der Waals surface area contributed by atoms with Crippen LogP contribution in [0.2, 0.25) is 0 Å². The second kappa shape index (κ2) is 5.64. The predicted molar refractivity (Wildman–Crippen MR) is 64.5 cm³/mol. The Bertz CT molecular complexity index is 243. The van der Waals surface area contributed by atoms with Crippen molar-refractivity contribution in [2.75, 3.05) is 26.7 Å². The van der Waals surface area contributed by atoms with Crippen LogP contribution in [0.15, 0.2) is 0 Å². The molecule has 1 heterocycles. The van der Waals surface area contributed by atoms with Crippen molar-refractivity contribution in [1.29, 1.82) is 0 Å². The summed E-state index contributed by atoms with van der Waals surface area (Å²) in [6, 6.07) is 0.685. The van der Waals surface area contributed by atoms with E-state index in [9.17, 15) is 4.79 Å². The van der Waals surface area contributed by atoms with Crippen molar-refractivity contribution in [2.45, 2.75) is 39.3 Å². The Morgan fingerprint density at radius 3 is 2.56 bits per heavy atom. The van der Waals surface area contributed by atoms with Gasteiger partial charge in [0, 0.05) is 31.7 Å². The fourth-order valence-corrected chi connectivity index (χ4v) is 2.42. The average molecular weight is 228 g/mol. The molecule has 0 aliphatic carbocycles. The first-order chi connectivity index (χ1) is 7.40. The largest absolute Gasteiger partial charge is 0.481 e. The molecule has 1 N–H and O–H groups in total. The molecule has 0 aromatic rings. The summed E-state index contributed by atoms with van der Waals surface area (Å²) in [4.78, 5) is 15.4. The van der Waals surface area contributed by atoms with E-state index in [1.165, 1.54) is 0 Å². The zero-order chi connectivity index (χ0) is 12.3. The summed E-state index contributed by atoms with van der Waals surface area (Å²) in [5, 5.41) is 8.87. The van der Waals surface area contributed by atoms with Crippen molar-refractivity contribution in [1.82, 2.24) is 9.80 Å². The minimum Gasteiger partial charge on any atom is -0.481 e. The van der Waals surface area contributed by atoms with Crippen LogP contribution in [-0.2, 0) is 4.79 Å². The third-order valence-corrected chi connectivity index (χ3v) is 3.25. The zero-order valence-electron chi connectivity index (χ0n) is 10.8. The van der Waals surface area contributed by atoms with Crippen molar-refractivity contribution >= 4 is 5.97 Å². The van der Waals surface area contributed by atoms with Crippen molar-refractivity contribution < 1.29 is 9.90 Å². The van der Waals surface area contributed by atoms with Gasteiger partial charge in [-0.25, -0.2) is 0 Å². The minimum atomic E-state index is -0.698. The maximum Gasteiger partial charge on any atom is 0.304 e. The van der Waals surface area contributed by atoms with Gasteiger partial charge in [0.1, 0.15) is 0 Å². The number of hydrogen-bond acceptors (Lipinski definition) is 3. The van der Waals surface area contributed by atoms with Gasteiger partial charge in [0.2, 0.25) is 0 Å². The summed E-state index contributed by atoms with van der Waals surface area (Å²) in [7, 11) is 2.02. The van der Waals surface area contributed by atoms with Gasteiger partial charge in [-0.2, -0.15) is 0 Å². The summed E-state index contributed by atoms with van der Waals surface area (Å²) < 4.78 is 0. The van der Waals surface area contributed by atoms with E-state index in [0.717, 1.165) is 19.6 Å². The smallest absolute Gasteiger partial charge is 0.304 e. The van der Waals surface area contributed by atoms with Gasteiger partial charge in [0.25, 0.3) is 0 Å². The first kappa shape index (κ1) is 13.5. The first-order valence-electron chi connectivity index (χ1n) is 6.06. The molecule has 0 spiro atoms. The van der Waals surface area contributed by atoms with E-state index >= 15 is 0 Å². The molecule has 0 aromatic carbocycles. The standard InChI is InChI=1S/C12H24N2O2/c1-9(2)6-14-8-11(5-12(15)16)13(4)7-10(14)3/h9-11H,5-8H2,1-4H3,(H,15,16). The predicted octanol–water partition coefficient (Wildman–Crippen LogP) is 1.12. The molecule has 0 radical (unpaired) electrons. The fraction of sp³-hybridized carbons (Fsp3) is 0.917. The van der Waals surface area contributed by atoms with Gasteiger partial charge in [-0.05, 0) is 19.9 Å². The lowest BCUT2D eigenvalue weighted by atomic mass is 10.0. The Labute approximate surface area is 98.2 Å². The molecule has 0 amide bonds. The van der Waals surface area contributed by atoms with Crippen LogP contribution in [0.1, 0.15) is 27.2 Å². The van der Waals surface area contributed by atoms with Crippen molar-refractivity contribution in [3.05, 3.63) is 0 Å². The average Bonchev–Trinajstić information content (AvgIpc) is 2.11. The quantitative estimate of drug-likeness (QED) is 0.783. The van der Waals surface area contributed by atoms with E-state index < -0.39 is 5.97 Å². The Morgan fingerprint density at radius 2 is 2.06 bits per heavy atom. The monoisotopic (exact) mass is 228 g/mol. The third kappa shape index (κ3) is 3.76. The highest BCUT2D eigenvalue weighted by molar-refractivity contribution is 5.67. The lowest BCUT2D eigenvalue weighted by Crippen LogP contribution is -2.57. The van der Waals surface area contributed by atoms with Gasteiger partial charge < -0.3 is 10.0 Å². The van der Waals surface area contributed by atoms with Gasteiger partial charge in [-0.15, -0.1) is 0 Å². The summed E-state index contributed by atoms with van der Waals surface area (Å²) in [6.45, 7) is 9.53. The second-order valence-corrected chi connectivity index (χ2v) is 5.39. The summed E-state index contributed by atoms with van der Waals surface area (Å²) in [5.41, 5.74) is 0. The number of nitrogens with zero attached hydrogens (tertiary/aromatic N) is 2. The summed E-state index contributed by atoms with van der Waals surface area (Å²) in [5.74, 6) is -0.0627. The first-order valence-corrected chi connectivity index (χ1v) is 6.06. The zero-order valence-corrected chi connectivity index (χ0v) is 10.8. The van der Waals surface area contributed by atoms with Crippen LogP contribution in [0.3, 0.4) is 0 Å². The molecule has 16 heavy (non-hydrogen) atoms. The lowest BCUT2D eigenvalue weighted by Gasteiger charge is -2.44. The van der Waals surface area contributed by atoms with Crippen molar-refractivity contribution in [3.63, 3.8) is 0 Å². The number of carboxylic acids is 1. The molecule has 4 heteroatoms. The molecule has 0 aromatic heterocycles. The Hall–Kier alpha value is -0.610. The molecule has 94 valence electrons. The molecule has 1 aliphatic heterocycles. The van der Waals surface area contributed by atoms with Crippen LogP contribution < -0.4 is 0 Å². The Morgan fingerprint density at radius 1 is 1.44 bits per heavy atom. The minimum absolute atomic E-state index is 0.160. The van der Waals surface area contributed by atoms with E-state index in [1.54, 1.807) is 0 Å². The Balaban J connectivity index is 2.57. The van der Waals surface area contributed by atoms with E-state index in [2.05, 4.69) is 30.6 Å². The third-order valence-electron chi connectivity index (χ3n) is 3.25. The fourth-order valence-electron chi connectivity index (χ4n) is 2.42. The number of piperazine rings is 1. The van der Waals surface area contributed by atoms with Crippen LogP contribution in [0.5, 0.6) is 0 Å². The van der Waals surface area contributed by atoms with Gasteiger partial charge in [0.05, 0.1) is 6.42 Å². The molecule has 1 aliphatic rings. The van der Waals surface area contributed by atoms with Crippen LogP contribution in [0, 0.1) is 5.92 Å². The van der Waals surface area contributed by atoms with E-state index in [4.69, 9.17) is 5.11 Å². The van der Waals surface area contributed by atoms with Crippen LogP contribution >= 0.6 is 0 Å². The topological polar surface area (TPSA) is 43.8 Å². The maximum absolute atomic E-state index is 10.8. The number of rotatable bonds is 4. The summed E-state index contributed by atoms with van der Waals surface area (Å²) in [6.07, 6.45) is 0.248. The van der Waals surface area contributed by atoms with Gasteiger partial charge in [-0.3, -0.25) is 9.69 Å². The number of carbonyl (C=O) groups is 1. The molecule has 2 unspecified atom stereocenters. The van der Waals surface area contributed by atoms with E-state index in [1.807, 2.05) is 7.05 Å². The lowest BCUT2D eigenvalue weighted by molar-refractivity contribution is -0.139. The van der Waals surface area contributed by atoms with Crippen molar-refractivity contribution in [3.8, 4) is 0 Å². The highest BCUT2D eigenvalue weighted by Gasteiger charge is 2.30. The highest BCUT2D eigenvalue weighted by Crippen LogP contribution is 2.17. The maximum atomic E-state index is 10.8. The van der Waals surface area contributed by atoms with Gasteiger partial charge in [0.15, 0.2) is 0 Å². The van der Waals surface area contributed by atoms with Gasteiger partial charge in [-0.1, -0.05) is 13.8 Å².